The van der Waals surface area contributed by atoms with Crippen LogP contribution in [0.5, 0.6) is 0 Å². The molecular weight excluding hydrogens is 274 g/mol. The molecule has 3 amide bonds. The van der Waals surface area contributed by atoms with E-state index in [9.17, 15) is 14.4 Å². The predicted molar refractivity (Wildman–Crippen MR) is 77.9 cm³/mol. The fourth-order valence-electron chi connectivity index (χ4n) is 2.94. The van der Waals surface area contributed by atoms with Crippen LogP contribution in [-0.4, -0.2) is 54.1 Å². The van der Waals surface area contributed by atoms with Gasteiger partial charge in [0.25, 0.3) is 0 Å². The van der Waals surface area contributed by atoms with Gasteiger partial charge in [-0.1, -0.05) is 19.3 Å². The average Bonchev–Trinajstić information content (AvgIpc) is 2.44. The van der Waals surface area contributed by atoms with E-state index in [0.29, 0.717) is 6.54 Å². The lowest BCUT2D eigenvalue weighted by atomic mass is 9.78. The number of carboxylic acids is 1. The third-order valence-electron chi connectivity index (χ3n) is 4.23. The molecular formula is C14H25N3O4. The number of carboxylic acid groups (broad SMARTS) is 1. The number of carbonyl (C=O) groups excluding carboxylic acids is 2. The summed E-state index contributed by atoms with van der Waals surface area (Å²) in [5.74, 6) is -1.17. The van der Waals surface area contributed by atoms with Crippen LogP contribution in [0.3, 0.4) is 0 Å². The van der Waals surface area contributed by atoms with E-state index in [-0.39, 0.29) is 24.3 Å². The average molecular weight is 299 g/mol. The fourth-order valence-corrected chi connectivity index (χ4v) is 2.94. The van der Waals surface area contributed by atoms with E-state index in [1.807, 2.05) is 11.9 Å². The summed E-state index contributed by atoms with van der Waals surface area (Å²) >= 11 is 0. The van der Waals surface area contributed by atoms with Crippen LogP contribution in [0.4, 0.5) is 4.79 Å². The third-order valence-corrected chi connectivity index (χ3v) is 4.23. The summed E-state index contributed by atoms with van der Waals surface area (Å²) in [6.07, 6.45) is 5.11. The van der Waals surface area contributed by atoms with Gasteiger partial charge in [-0.3, -0.25) is 19.8 Å². The van der Waals surface area contributed by atoms with Gasteiger partial charge in [0.2, 0.25) is 5.91 Å². The predicted octanol–water partition coefficient (Wildman–Crippen LogP) is 0.941. The molecule has 0 heterocycles. The van der Waals surface area contributed by atoms with Crippen LogP contribution < -0.4 is 10.6 Å². The Labute approximate surface area is 125 Å². The van der Waals surface area contributed by atoms with Crippen molar-refractivity contribution in [2.45, 2.75) is 50.5 Å². The Morgan fingerprint density at radius 1 is 1.19 bits per heavy atom. The van der Waals surface area contributed by atoms with Gasteiger partial charge in [-0.05, 0) is 19.9 Å². The zero-order valence-corrected chi connectivity index (χ0v) is 12.8. The summed E-state index contributed by atoms with van der Waals surface area (Å²) in [4.78, 5) is 35.8. The van der Waals surface area contributed by atoms with E-state index in [4.69, 9.17) is 5.11 Å². The van der Waals surface area contributed by atoms with Crippen LogP contribution >= 0.6 is 0 Å². The first-order valence-corrected chi connectivity index (χ1v) is 7.34. The molecule has 0 spiro atoms. The molecule has 7 heteroatoms. The number of rotatable bonds is 6. The van der Waals surface area contributed by atoms with Gasteiger partial charge in [0.15, 0.2) is 0 Å². The zero-order valence-electron chi connectivity index (χ0n) is 12.8. The van der Waals surface area contributed by atoms with Crippen molar-refractivity contribution in [2.24, 2.45) is 0 Å². The smallest absolute Gasteiger partial charge is 0.321 e. The van der Waals surface area contributed by atoms with Crippen molar-refractivity contribution in [3.8, 4) is 0 Å². The summed E-state index contributed by atoms with van der Waals surface area (Å²) in [6, 6.07) is -0.527. The molecule has 0 unspecified atom stereocenters. The number of urea groups is 1. The molecule has 7 nitrogen and oxygen atoms in total. The van der Waals surface area contributed by atoms with E-state index in [2.05, 4.69) is 10.6 Å². The first-order valence-electron chi connectivity index (χ1n) is 7.34. The number of nitrogens with zero attached hydrogens (tertiary/aromatic N) is 1. The van der Waals surface area contributed by atoms with Crippen molar-refractivity contribution in [3.05, 3.63) is 0 Å². The summed E-state index contributed by atoms with van der Waals surface area (Å²) in [5.41, 5.74) is -0.364. The zero-order chi connectivity index (χ0) is 15.9. The Kier molecular flexibility index (Phi) is 6.61. The number of amides is 3. The van der Waals surface area contributed by atoms with Crippen molar-refractivity contribution in [2.75, 3.05) is 20.6 Å². The van der Waals surface area contributed by atoms with Crippen molar-refractivity contribution < 1.29 is 19.5 Å². The van der Waals surface area contributed by atoms with E-state index in [1.165, 1.54) is 7.05 Å². The lowest BCUT2D eigenvalue weighted by molar-refractivity contribution is -0.141. The monoisotopic (exact) mass is 299 g/mol. The van der Waals surface area contributed by atoms with Gasteiger partial charge in [0.05, 0.1) is 6.42 Å². The molecule has 0 radical (unpaired) electrons. The largest absolute Gasteiger partial charge is 0.481 e. The van der Waals surface area contributed by atoms with E-state index < -0.39 is 12.0 Å². The van der Waals surface area contributed by atoms with Crippen LogP contribution in [0, 0.1) is 0 Å². The number of carbonyl (C=O) groups is 3. The van der Waals surface area contributed by atoms with Gasteiger partial charge < -0.3 is 10.4 Å². The number of imide groups is 1. The molecule has 0 saturated heterocycles. The van der Waals surface area contributed by atoms with Crippen LogP contribution in [0.2, 0.25) is 0 Å². The Hall–Kier alpha value is -1.63. The highest BCUT2D eigenvalue weighted by molar-refractivity contribution is 5.94. The molecule has 1 aliphatic carbocycles. The van der Waals surface area contributed by atoms with Crippen LogP contribution in [0.15, 0.2) is 0 Å². The normalized spacial score (nSPS) is 17.3. The lowest BCUT2D eigenvalue weighted by Crippen LogP contribution is -2.50. The standard InChI is InChI=1S/C14H25N3O4/c1-15-13(21)16-11(18)6-9-17(2)14(10-12(19)20)7-4-3-5-8-14/h3-10H2,1-2H3,(H,19,20)(H2,15,16,18,21). The highest BCUT2D eigenvalue weighted by Gasteiger charge is 2.37. The maximum Gasteiger partial charge on any atom is 0.321 e. The van der Waals surface area contributed by atoms with Gasteiger partial charge >= 0.3 is 12.0 Å². The Morgan fingerprint density at radius 2 is 1.81 bits per heavy atom. The summed E-state index contributed by atoms with van der Waals surface area (Å²) in [7, 11) is 3.31. The van der Waals surface area contributed by atoms with Gasteiger partial charge in [-0.25, -0.2) is 4.79 Å². The Bertz CT molecular complexity index is 392. The molecule has 0 bridgehead atoms. The van der Waals surface area contributed by atoms with Gasteiger partial charge in [-0.2, -0.15) is 0 Å². The Balaban J connectivity index is 2.56. The molecule has 1 fully saturated rings. The van der Waals surface area contributed by atoms with Gasteiger partial charge in [0.1, 0.15) is 0 Å². The first kappa shape index (κ1) is 17.4. The van der Waals surface area contributed by atoms with Crippen LogP contribution in [0.25, 0.3) is 0 Å². The molecule has 120 valence electrons. The molecule has 1 aliphatic rings. The molecule has 1 rings (SSSR count). The number of hydrogen-bond donors (Lipinski definition) is 3. The molecule has 0 aromatic carbocycles. The lowest BCUT2D eigenvalue weighted by Gasteiger charge is -2.44. The minimum Gasteiger partial charge on any atom is -0.481 e. The fraction of sp³-hybridized carbons (Fsp3) is 0.786. The molecule has 0 aliphatic heterocycles. The highest BCUT2D eigenvalue weighted by atomic mass is 16.4. The minimum absolute atomic E-state index is 0.0978. The van der Waals surface area contributed by atoms with Crippen molar-refractivity contribution in [1.82, 2.24) is 15.5 Å². The van der Waals surface area contributed by atoms with Crippen LogP contribution in [-0.2, 0) is 9.59 Å². The first-order chi connectivity index (χ1) is 9.89. The molecule has 3 N–H and O–H groups in total. The number of hydrogen-bond acceptors (Lipinski definition) is 4. The Morgan fingerprint density at radius 3 is 2.33 bits per heavy atom. The maximum atomic E-state index is 11.6. The van der Waals surface area contributed by atoms with Crippen LogP contribution in [0.1, 0.15) is 44.9 Å². The third kappa shape index (κ3) is 5.34. The molecule has 21 heavy (non-hydrogen) atoms. The summed E-state index contributed by atoms with van der Waals surface area (Å²) < 4.78 is 0. The topological polar surface area (TPSA) is 98.7 Å². The summed E-state index contributed by atoms with van der Waals surface area (Å²) in [6.45, 7) is 0.441. The van der Waals surface area contributed by atoms with Gasteiger partial charge in [0, 0.05) is 25.6 Å². The van der Waals surface area contributed by atoms with E-state index in [1.54, 1.807) is 0 Å². The number of aliphatic carboxylic acids is 1. The van der Waals surface area contributed by atoms with Gasteiger partial charge in [-0.15, -0.1) is 0 Å². The number of nitrogens with one attached hydrogen (secondary N) is 2. The molecule has 0 aromatic rings. The second-order valence-corrected chi connectivity index (χ2v) is 5.65. The van der Waals surface area contributed by atoms with Crippen molar-refractivity contribution in [1.29, 1.82) is 0 Å². The summed E-state index contributed by atoms with van der Waals surface area (Å²) in [5, 5.41) is 13.7. The quantitative estimate of drug-likeness (QED) is 0.678. The SMILES string of the molecule is CNC(=O)NC(=O)CCN(C)C1(CC(=O)O)CCCCC1. The molecule has 1 saturated carbocycles. The minimum atomic E-state index is -0.807. The molecule has 0 aromatic heterocycles. The van der Waals surface area contributed by atoms with Crippen molar-refractivity contribution >= 4 is 17.9 Å². The second kappa shape index (κ2) is 7.97. The van der Waals surface area contributed by atoms with E-state index in [0.717, 1.165) is 32.1 Å². The highest BCUT2D eigenvalue weighted by Crippen LogP contribution is 2.35. The second-order valence-electron chi connectivity index (χ2n) is 5.65. The molecule has 0 atom stereocenters. The van der Waals surface area contributed by atoms with E-state index >= 15 is 0 Å². The van der Waals surface area contributed by atoms with Crippen molar-refractivity contribution in [3.63, 3.8) is 0 Å². The maximum absolute atomic E-state index is 11.6.